The van der Waals surface area contributed by atoms with Gasteiger partial charge in [-0.2, -0.15) is 11.8 Å². The zero-order valence-electron chi connectivity index (χ0n) is 12.5. The number of hydrogen-bond donors (Lipinski definition) is 1. The van der Waals surface area contributed by atoms with Gasteiger partial charge in [-0.05, 0) is 17.7 Å². The van der Waals surface area contributed by atoms with Crippen LogP contribution in [0.3, 0.4) is 0 Å². The molecule has 21 heavy (non-hydrogen) atoms. The summed E-state index contributed by atoms with van der Waals surface area (Å²) in [5, 5.41) is 4.99. The first-order valence-electron chi connectivity index (χ1n) is 6.96. The van der Waals surface area contributed by atoms with Crippen LogP contribution in [0.4, 0.5) is 0 Å². The summed E-state index contributed by atoms with van der Waals surface area (Å²) < 4.78 is 10.2. The Bertz CT molecular complexity index is 451. The Balaban J connectivity index is 1.70. The Hall–Kier alpha value is -0.850. The number of ether oxygens (including phenoxy) is 2. The maximum Gasteiger partial charge on any atom is 0.156 e. The summed E-state index contributed by atoms with van der Waals surface area (Å²) in [6.07, 6.45) is 0. The molecule has 1 aromatic rings. The molecule has 0 aliphatic carbocycles. The molecular weight excluding hydrogens is 304 g/mol. The number of thioether (sulfide) groups is 2. The fraction of sp³-hybridized carbons (Fsp3) is 0.533. The zero-order chi connectivity index (χ0) is 14.9. The highest BCUT2D eigenvalue weighted by atomic mass is 32.2. The minimum Gasteiger partial charge on any atom is -0.497 e. The van der Waals surface area contributed by atoms with Crippen molar-refractivity contribution < 1.29 is 9.47 Å². The van der Waals surface area contributed by atoms with Crippen LogP contribution in [0, 0.1) is 0 Å². The van der Waals surface area contributed by atoms with E-state index in [1.165, 1.54) is 5.56 Å². The van der Waals surface area contributed by atoms with E-state index in [2.05, 4.69) is 22.4 Å². The van der Waals surface area contributed by atoms with Crippen molar-refractivity contribution in [3.8, 4) is 5.75 Å². The minimum atomic E-state index is 0.541. The van der Waals surface area contributed by atoms with Gasteiger partial charge >= 0.3 is 0 Å². The van der Waals surface area contributed by atoms with Crippen molar-refractivity contribution in [2.45, 2.75) is 11.0 Å². The monoisotopic (exact) mass is 326 g/mol. The molecule has 1 aliphatic heterocycles. The van der Waals surface area contributed by atoms with Gasteiger partial charge in [0.1, 0.15) is 5.75 Å². The van der Waals surface area contributed by atoms with E-state index in [-0.39, 0.29) is 0 Å². The highest BCUT2D eigenvalue weighted by molar-refractivity contribution is 8.13. The third-order valence-corrected chi connectivity index (χ3v) is 5.30. The van der Waals surface area contributed by atoms with Gasteiger partial charge in [0, 0.05) is 30.4 Å². The van der Waals surface area contributed by atoms with Crippen LogP contribution in [-0.4, -0.2) is 50.1 Å². The van der Waals surface area contributed by atoms with E-state index in [0.29, 0.717) is 5.25 Å². The Kier molecular flexibility index (Phi) is 7.26. The van der Waals surface area contributed by atoms with E-state index in [4.69, 9.17) is 9.47 Å². The van der Waals surface area contributed by atoms with Gasteiger partial charge < -0.3 is 14.8 Å². The predicted molar refractivity (Wildman–Crippen MR) is 92.7 cm³/mol. The van der Waals surface area contributed by atoms with Gasteiger partial charge in [-0.25, -0.2) is 0 Å². The molecule has 1 aliphatic rings. The second-order valence-corrected chi connectivity index (χ2v) is 7.02. The summed E-state index contributed by atoms with van der Waals surface area (Å²) in [4.78, 5) is 4.59. The first kappa shape index (κ1) is 16.5. The molecule has 1 N–H and O–H groups in total. The smallest absolute Gasteiger partial charge is 0.156 e. The van der Waals surface area contributed by atoms with E-state index in [9.17, 15) is 0 Å². The summed E-state index contributed by atoms with van der Waals surface area (Å²) in [6.45, 7) is 2.64. The fourth-order valence-corrected chi connectivity index (χ4v) is 3.67. The van der Waals surface area contributed by atoms with Crippen molar-refractivity contribution in [1.82, 2.24) is 5.32 Å². The van der Waals surface area contributed by atoms with E-state index < -0.39 is 0 Å². The summed E-state index contributed by atoms with van der Waals surface area (Å²) in [5.41, 5.74) is 1.32. The molecule has 1 aromatic carbocycles. The third-order valence-electron chi connectivity index (χ3n) is 3.09. The average molecular weight is 326 g/mol. The predicted octanol–water partition coefficient (Wildman–Crippen LogP) is 2.64. The largest absolute Gasteiger partial charge is 0.497 e. The van der Waals surface area contributed by atoms with Gasteiger partial charge in [0.05, 0.1) is 20.3 Å². The van der Waals surface area contributed by atoms with Crippen LogP contribution in [0.15, 0.2) is 29.3 Å². The lowest BCUT2D eigenvalue weighted by Gasteiger charge is -2.22. The van der Waals surface area contributed by atoms with Crippen molar-refractivity contribution in [2.75, 3.05) is 39.7 Å². The van der Waals surface area contributed by atoms with E-state index in [0.717, 1.165) is 42.1 Å². The highest BCUT2D eigenvalue weighted by Gasteiger charge is 2.15. The quantitative estimate of drug-likeness (QED) is 0.780. The summed E-state index contributed by atoms with van der Waals surface area (Å²) in [6, 6.07) is 8.27. The molecule has 0 saturated heterocycles. The highest BCUT2D eigenvalue weighted by Crippen LogP contribution is 2.22. The molecule has 0 spiro atoms. The number of rotatable bonds is 7. The Morgan fingerprint density at radius 2 is 2.10 bits per heavy atom. The van der Waals surface area contributed by atoms with Crippen molar-refractivity contribution >= 4 is 28.7 Å². The molecule has 1 heterocycles. The van der Waals surface area contributed by atoms with Gasteiger partial charge in [-0.15, -0.1) is 0 Å². The summed E-state index contributed by atoms with van der Waals surface area (Å²) >= 11 is 3.68. The number of hydrogen-bond acceptors (Lipinski definition) is 6. The Morgan fingerprint density at radius 1 is 1.29 bits per heavy atom. The van der Waals surface area contributed by atoms with Crippen molar-refractivity contribution in [2.24, 2.45) is 4.99 Å². The van der Waals surface area contributed by atoms with E-state index in [1.807, 2.05) is 23.9 Å². The van der Waals surface area contributed by atoms with E-state index >= 15 is 0 Å². The second kappa shape index (κ2) is 9.23. The normalized spacial score (nSPS) is 18.0. The maximum absolute atomic E-state index is 5.17. The average Bonchev–Trinajstić information content (AvgIpc) is 2.55. The van der Waals surface area contributed by atoms with Crippen LogP contribution in [0.5, 0.6) is 5.75 Å². The molecule has 4 nitrogen and oxygen atoms in total. The Morgan fingerprint density at radius 3 is 2.71 bits per heavy atom. The molecule has 116 valence electrons. The molecule has 0 radical (unpaired) electrons. The van der Waals surface area contributed by atoms with Gasteiger partial charge in [-0.3, -0.25) is 4.99 Å². The zero-order valence-corrected chi connectivity index (χ0v) is 14.1. The molecular formula is C15H22N2O2S2. The first-order chi connectivity index (χ1) is 10.3. The number of amidine groups is 1. The molecule has 1 unspecified atom stereocenters. The number of benzene rings is 1. The SMILES string of the molecule is COCCSC1=NCC(SCc2ccc(OC)cc2)CN1. The second-order valence-electron chi connectivity index (χ2n) is 4.65. The molecule has 0 saturated carbocycles. The van der Waals surface area contributed by atoms with Crippen molar-refractivity contribution in [3.05, 3.63) is 29.8 Å². The minimum absolute atomic E-state index is 0.541. The number of methoxy groups -OCH3 is 2. The van der Waals surface area contributed by atoms with Gasteiger partial charge in [0.2, 0.25) is 0 Å². The van der Waals surface area contributed by atoms with Gasteiger partial charge in [0.15, 0.2) is 5.17 Å². The van der Waals surface area contributed by atoms with Crippen molar-refractivity contribution in [1.29, 1.82) is 0 Å². The molecule has 2 rings (SSSR count). The molecule has 0 amide bonds. The molecule has 0 bridgehead atoms. The third kappa shape index (κ3) is 5.80. The standard InChI is InChI=1S/C15H22N2O2S2/c1-18-7-8-20-15-16-9-14(10-17-15)21-11-12-3-5-13(19-2)6-4-12/h3-6,14H,7-11H2,1-2H3,(H,16,17). The molecule has 1 atom stereocenters. The van der Waals surface area contributed by atoms with Crippen molar-refractivity contribution in [3.63, 3.8) is 0 Å². The lowest BCUT2D eigenvalue weighted by Crippen LogP contribution is -2.36. The van der Waals surface area contributed by atoms with Crippen LogP contribution in [0.1, 0.15) is 5.56 Å². The van der Waals surface area contributed by atoms with E-state index in [1.54, 1.807) is 26.0 Å². The van der Waals surface area contributed by atoms with Crippen LogP contribution in [-0.2, 0) is 10.5 Å². The van der Waals surface area contributed by atoms with Gasteiger partial charge in [0.25, 0.3) is 0 Å². The number of aliphatic imine (C=N–C) groups is 1. The summed E-state index contributed by atoms with van der Waals surface area (Å²) in [7, 11) is 3.42. The molecule has 0 fully saturated rings. The topological polar surface area (TPSA) is 42.9 Å². The Labute approximate surface area is 135 Å². The molecule has 6 heteroatoms. The number of nitrogens with zero attached hydrogens (tertiary/aromatic N) is 1. The fourth-order valence-electron chi connectivity index (χ4n) is 1.87. The lowest BCUT2D eigenvalue weighted by molar-refractivity contribution is 0.219. The van der Waals surface area contributed by atoms with Crippen LogP contribution < -0.4 is 10.1 Å². The summed E-state index contributed by atoms with van der Waals surface area (Å²) in [5.74, 6) is 2.87. The van der Waals surface area contributed by atoms with Crippen LogP contribution in [0.25, 0.3) is 0 Å². The maximum atomic E-state index is 5.17. The first-order valence-corrected chi connectivity index (χ1v) is 9.00. The molecule has 0 aromatic heterocycles. The lowest BCUT2D eigenvalue weighted by atomic mass is 10.2. The van der Waals surface area contributed by atoms with Crippen LogP contribution >= 0.6 is 23.5 Å². The van der Waals surface area contributed by atoms with Gasteiger partial charge in [-0.1, -0.05) is 23.9 Å². The van der Waals surface area contributed by atoms with Crippen LogP contribution in [0.2, 0.25) is 0 Å². The number of nitrogens with one attached hydrogen (secondary N) is 1.